The molecule has 0 amide bonds. The van der Waals surface area contributed by atoms with Gasteiger partial charge in [0.05, 0.1) is 0 Å². The van der Waals surface area contributed by atoms with Crippen molar-refractivity contribution < 1.29 is 5.11 Å². The number of hydrogen-bond acceptors (Lipinski definition) is 3. The van der Waals surface area contributed by atoms with Gasteiger partial charge in [-0.1, -0.05) is 26.0 Å². The SMILES string of the molecule is CN=C(NCCCc1ccc(O)cc1)N1CCSC(C(C)C)C1. The molecular weight excluding hydrogens is 306 g/mol. The Morgan fingerprint density at radius 1 is 1.39 bits per heavy atom. The summed E-state index contributed by atoms with van der Waals surface area (Å²) in [5.74, 6) is 3.24. The number of phenols is 1. The van der Waals surface area contributed by atoms with Crippen LogP contribution in [0.3, 0.4) is 0 Å². The molecule has 0 aliphatic carbocycles. The summed E-state index contributed by atoms with van der Waals surface area (Å²) >= 11 is 2.08. The molecule has 0 bridgehead atoms. The summed E-state index contributed by atoms with van der Waals surface area (Å²) in [6, 6.07) is 7.47. The first-order valence-electron chi connectivity index (χ1n) is 8.45. The van der Waals surface area contributed by atoms with Gasteiger partial charge < -0.3 is 15.3 Å². The Balaban J connectivity index is 1.75. The molecule has 5 heteroatoms. The smallest absolute Gasteiger partial charge is 0.193 e. The van der Waals surface area contributed by atoms with Crippen LogP contribution in [0.1, 0.15) is 25.8 Å². The summed E-state index contributed by atoms with van der Waals surface area (Å²) < 4.78 is 0. The largest absolute Gasteiger partial charge is 0.508 e. The van der Waals surface area contributed by atoms with Gasteiger partial charge >= 0.3 is 0 Å². The lowest BCUT2D eigenvalue weighted by Crippen LogP contribution is -2.49. The van der Waals surface area contributed by atoms with Gasteiger partial charge in [-0.2, -0.15) is 11.8 Å². The van der Waals surface area contributed by atoms with Gasteiger partial charge in [0.2, 0.25) is 0 Å². The highest BCUT2D eigenvalue weighted by Gasteiger charge is 2.24. The average Bonchev–Trinajstić information content (AvgIpc) is 2.56. The summed E-state index contributed by atoms with van der Waals surface area (Å²) in [4.78, 5) is 6.84. The summed E-state index contributed by atoms with van der Waals surface area (Å²) in [6.07, 6.45) is 2.06. The number of thioether (sulfide) groups is 1. The highest BCUT2D eigenvalue weighted by atomic mass is 32.2. The number of rotatable bonds is 5. The number of guanidine groups is 1. The fourth-order valence-corrected chi connectivity index (χ4v) is 4.06. The number of nitrogens with one attached hydrogen (secondary N) is 1. The van der Waals surface area contributed by atoms with Crippen molar-refractivity contribution in [3.63, 3.8) is 0 Å². The molecular formula is C18H29N3OS. The number of aryl methyl sites for hydroxylation is 1. The quantitative estimate of drug-likeness (QED) is 0.493. The molecule has 0 saturated carbocycles. The summed E-state index contributed by atoms with van der Waals surface area (Å²) in [7, 11) is 1.87. The highest BCUT2D eigenvalue weighted by Crippen LogP contribution is 2.24. The molecule has 2 N–H and O–H groups in total. The van der Waals surface area contributed by atoms with Crippen molar-refractivity contribution in [3.8, 4) is 5.75 Å². The van der Waals surface area contributed by atoms with Crippen LogP contribution in [-0.2, 0) is 6.42 Å². The minimum atomic E-state index is 0.329. The van der Waals surface area contributed by atoms with Crippen LogP contribution in [0.15, 0.2) is 29.3 Å². The maximum absolute atomic E-state index is 9.30. The van der Waals surface area contributed by atoms with E-state index in [0.29, 0.717) is 16.9 Å². The molecule has 1 saturated heterocycles. The number of benzene rings is 1. The van der Waals surface area contributed by atoms with Crippen LogP contribution < -0.4 is 5.32 Å². The van der Waals surface area contributed by atoms with E-state index in [0.717, 1.165) is 38.4 Å². The lowest BCUT2D eigenvalue weighted by Gasteiger charge is -2.36. The molecule has 1 atom stereocenters. The van der Waals surface area contributed by atoms with E-state index in [9.17, 15) is 5.11 Å². The maximum Gasteiger partial charge on any atom is 0.193 e. The van der Waals surface area contributed by atoms with Crippen molar-refractivity contribution in [2.45, 2.75) is 31.9 Å². The molecule has 2 rings (SSSR count). The van der Waals surface area contributed by atoms with Crippen molar-refractivity contribution >= 4 is 17.7 Å². The van der Waals surface area contributed by atoms with E-state index in [2.05, 4.69) is 40.8 Å². The average molecular weight is 336 g/mol. The number of phenolic OH excluding ortho intramolecular Hbond substituents is 1. The fraction of sp³-hybridized carbons (Fsp3) is 0.611. The van der Waals surface area contributed by atoms with Gasteiger partial charge in [-0.15, -0.1) is 0 Å². The molecule has 1 aliphatic heterocycles. The number of aliphatic imine (C=N–C) groups is 1. The van der Waals surface area contributed by atoms with Gasteiger partial charge in [-0.25, -0.2) is 0 Å². The van der Waals surface area contributed by atoms with E-state index in [-0.39, 0.29) is 0 Å². The molecule has 1 aliphatic rings. The molecule has 1 aromatic rings. The van der Waals surface area contributed by atoms with Gasteiger partial charge in [-0.05, 0) is 36.5 Å². The first kappa shape index (κ1) is 18.0. The molecule has 0 spiro atoms. The number of aromatic hydroxyl groups is 1. The molecule has 1 fully saturated rings. The summed E-state index contributed by atoms with van der Waals surface area (Å²) in [6.45, 7) is 7.68. The Kier molecular flexibility index (Phi) is 7.09. The third-order valence-electron chi connectivity index (χ3n) is 4.21. The summed E-state index contributed by atoms with van der Waals surface area (Å²) in [5.41, 5.74) is 1.26. The Morgan fingerprint density at radius 2 is 2.13 bits per heavy atom. The predicted molar refractivity (Wildman–Crippen MR) is 100 cm³/mol. The molecule has 4 nitrogen and oxygen atoms in total. The second-order valence-electron chi connectivity index (χ2n) is 6.34. The van der Waals surface area contributed by atoms with E-state index < -0.39 is 0 Å². The normalized spacial score (nSPS) is 19.2. The third kappa shape index (κ3) is 5.65. The zero-order chi connectivity index (χ0) is 16.7. The molecule has 128 valence electrons. The minimum absolute atomic E-state index is 0.329. The van der Waals surface area contributed by atoms with Gasteiger partial charge in [0.15, 0.2) is 5.96 Å². The fourth-order valence-electron chi connectivity index (χ4n) is 2.76. The highest BCUT2D eigenvalue weighted by molar-refractivity contribution is 8.00. The van der Waals surface area contributed by atoms with Gasteiger partial charge in [0, 0.05) is 37.7 Å². The van der Waals surface area contributed by atoms with Crippen LogP contribution in [-0.4, -0.2) is 53.7 Å². The molecule has 1 unspecified atom stereocenters. The lowest BCUT2D eigenvalue weighted by molar-refractivity contribution is 0.380. The Hall–Kier alpha value is -1.36. The van der Waals surface area contributed by atoms with E-state index in [1.54, 1.807) is 12.1 Å². The molecule has 23 heavy (non-hydrogen) atoms. The standard InChI is InChI=1S/C18H29N3OS/c1-14(2)17-13-21(11-12-23-17)18(19-3)20-10-4-5-15-6-8-16(22)9-7-15/h6-9,14,17,22H,4-5,10-13H2,1-3H3,(H,19,20). The second kappa shape index (κ2) is 9.06. The van der Waals surface area contributed by atoms with E-state index in [1.165, 1.54) is 11.3 Å². The summed E-state index contributed by atoms with van der Waals surface area (Å²) in [5, 5.41) is 13.5. The monoisotopic (exact) mass is 335 g/mol. The van der Waals surface area contributed by atoms with Crippen LogP contribution >= 0.6 is 11.8 Å². The molecule has 0 radical (unpaired) electrons. The third-order valence-corrected chi connectivity index (χ3v) is 5.75. The molecule has 0 aromatic heterocycles. The molecule has 1 aromatic carbocycles. The molecule has 1 heterocycles. The van der Waals surface area contributed by atoms with Crippen LogP contribution in [0.4, 0.5) is 0 Å². The van der Waals surface area contributed by atoms with E-state index >= 15 is 0 Å². The zero-order valence-electron chi connectivity index (χ0n) is 14.5. The Labute approximate surface area is 144 Å². The Morgan fingerprint density at radius 3 is 2.78 bits per heavy atom. The van der Waals surface area contributed by atoms with Crippen molar-refractivity contribution in [2.75, 3.05) is 32.4 Å². The predicted octanol–water partition coefficient (Wildman–Crippen LogP) is 2.97. The Bertz CT molecular complexity index is 501. The number of hydrogen-bond donors (Lipinski definition) is 2. The van der Waals surface area contributed by atoms with E-state index in [1.807, 2.05) is 19.2 Å². The minimum Gasteiger partial charge on any atom is -0.508 e. The van der Waals surface area contributed by atoms with Crippen molar-refractivity contribution in [1.82, 2.24) is 10.2 Å². The second-order valence-corrected chi connectivity index (χ2v) is 7.69. The maximum atomic E-state index is 9.30. The zero-order valence-corrected chi connectivity index (χ0v) is 15.3. The first-order chi connectivity index (χ1) is 11.1. The van der Waals surface area contributed by atoms with Gasteiger partial charge in [0.1, 0.15) is 5.75 Å². The lowest BCUT2D eigenvalue weighted by atomic mass is 10.1. The van der Waals surface area contributed by atoms with Crippen LogP contribution in [0.2, 0.25) is 0 Å². The number of nitrogens with zero attached hydrogens (tertiary/aromatic N) is 2. The van der Waals surface area contributed by atoms with Crippen molar-refractivity contribution in [2.24, 2.45) is 10.9 Å². The van der Waals surface area contributed by atoms with Crippen LogP contribution in [0, 0.1) is 5.92 Å². The van der Waals surface area contributed by atoms with Crippen LogP contribution in [0.5, 0.6) is 5.75 Å². The van der Waals surface area contributed by atoms with E-state index in [4.69, 9.17) is 0 Å². The van der Waals surface area contributed by atoms with Crippen molar-refractivity contribution in [1.29, 1.82) is 0 Å². The van der Waals surface area contributed by atoms with Gasteiger partial charge in [-0.3, -0.25) is 4.99 Å². The van der Waals surface area contributed by atoms with Crippen LogP contribution in [0.25, 0.3) is 0 Å². The first-order valence-corrected chi connectivity index (χ1v) is 9.50. The van der Waals surface area contributed by atoms with Gasteiger partial charge in [0.25, 0.3) is 0 Å². The topological polar surface area (TPSA) is 47.9 Å². The van der Waals surface area contributed by atoms with Crippen molar-refractivity contribution in [3.05, 3.63) is 29.8 Å².